The zero-order valence-corrected chi connectivity index (χ0v) is 33.6. The van der Waals surface area contributed by atoms with Crippen LogP contribution >= 0.6 is 0 Å². The van der Waals surface area contributed by atoms with E-state index >= 15 is 0 Å². The van der Waals surface area contributed by atoms with E-state index < -0.39 is 0 Å². The van der Waals surface area contributed by atoms with Crippen LogP contribution in [0.1, 0.15) is 41.7 Å². The molecule has 8 rings (SSSR count). The monoisotopic (exact) mass is 714 g/mol. The normalized spacial score (nSPS) is 10.1. The number of benzene rings is 8. The van der Waals surface area contributed by atoms with Gasteiger partial charge in [0, 0.05) is 0 Å². The smallest absolute Gasteiger partial charge is 0.0146 e. The molecule has 0 saturated carbocycles. The summed E-state index contributed by atoms with van der Waals surface area (Å²) in [6.45, 7) is 14.7. The Morgan fingerprint density at radius 2 is 0.436 bits per heavy atom. The second-order valence-corrected chi connectivity index (χ2v) is 13.8. The molecule has 8 aromatic rings. The first-order valence-corrected chi connectivity index (χ1v) is 19.4. The van der Waals surface area contributed by atoms with Crippen molar-refractivity contribution in [2.45, 2.75) is 48.5 Å². The van der Waals surface area contributed by atoms with E-state index in [4.69, 9.17) is 0 Å². The topological polar surface area (TPSA) is 0 Å². The van der Waals surface area contributed by atoms with Crippen LogP contribution in [0.15, 0.2) is 200 Å². The first-order valence-electron chi connectivity index (χ1n) is 19.4. The molecule has 0 bridgehead atoms. The van der Waals surface area contributed by atoms with Crippen molar-refractivity contribution < 1.29 is 0 Å². The van der Waals surface area contributed by atoms with Crippen LogP contribution in [0.2, 0.25) is 0 Å². The van der Waals surface area contributed by atoms with Crippen molar-refractivity contribution >= 4 is 0 Å². The largest absolute Gasteiger partial charge is 0.0683 e. The van der Waals surface area contributed by atoms with E-state index in [1.807, 2.05) is 26.0 Å². The maximum absolute atomic E-state index is 2.33. The minimum absolute atomic E-state index is 1.26. The van der Waals surface area contributed by atoms with Crippen molar-refractivity contribution in [2.24, 2.45) is 0 Å². The summed E-state index contributed by atoms with van der Waals surface area (Å²) < 4.78 is 0. The van der Waals surface area contributed by atoms with Gasteiger partial charge in [-0.1, -0.05) is 219 Å². The highest BCUT2D eigenvalue weighted by Crippen LogP contribution is 2.34. The fourth-order valence-corrected chi connectivity index (χ4v) is 6.31. The third-order valence-electron chi connectivity index (χ3n) is 9.57. The van der Waals surface area contributed by atoms with Crippen LogP contribution in [0.5, 0.6) is 0 Å². The van der Waals surface area contributed by atoms with Crippen LogP contribution in [-0.4, -0.2) is 0 Å². The molecule has 0 fully saturated rings. The average Bonchev–Trinajstić information content (AvgIpc) is 3.24. The summed E-state index contributed by atoms with van der Waals surface area (Å²) in [4.78, 5) is 0. The average molecular weight is 715 g/mol. The minimum Gasteiger partial charge on any atom is -0.0683 e. The quantitative estimate of drug-likeness (QED) is 0.166. The molecule has 55 heavy (non-hydrogen) atoms. The minimum atomic E-state index is 1.26. The van der Waals surface area contributed by atoms with E-state index in [9.17, 15) is 0 Å². The molecule has 0 radical (unpaired) electrons. The van der Waals surface area contributed by atoms with Crippen LogP contribution in [0.3, 0.4) is 0 Å². The van der Waals surface area contributed by atoms with Gasteiger partial charge in [-0.15, -0.1) is 0 Å². The van der Waals surface area contributed by atoms with E-state index in [1.54, 1.807) is 0 Å². The molecule has 0 nitrogen and oxygen atoms in total. The van der Waals surface area contributed by atoms with Crippen molar-refractivity contribution in [1.29, 1.82) is 0 Å². The molecule has 0 aliphatic rings. The summed E-state index contributed by atoms with van der Waals surface area (Å²) in [5, 5.41) is 0. The Morgan fingerprint density at radius 1 is 0.218 bits per heavy atom. The van der Waals surface area contributed by atoms with Gasteiger partial charge in [-0.2, -0.15) is 0 Å². The summed E-state index contributed by atoms with van der Waals surface area (Å²) in [6, 6.07) is 71.0. The second kappa shape index (κ2) is 20.3. The van der Waals surface area contributed by atoms with Crippen molar-refractivity contribution in [1.82, 2.24) is 0 Å². The van der Waals surface area contributed by atoms with Gasteiger partial charge in [0.1, 0.15) is 0 Å². The molecule has 274 valence electrons. The number of hydrogen-bond donors (Lipinski definition) is 0. The van der Waals surface area contributed by atoms with Gasteiger partial charge in [-0.05, 0) is 114 Å². The first-order chi connectivity index (χ1) is 26.8. The molecule has 0 amide bonds. The fraction of sp³-hybridized carbons (Fsp3) is 0.127. The summed E-state index contributed by atoms with van der Waals surface area (Å²) in [7, 11) is 0. The van der Waals surface area contributed by atoms with Gasteiger partial charge in [-0.3, -0.25) is 0 Å². The van der Waals surface area contributed by atoms with E-state index in [0.717, 1.165) is 0 Å². The van der Waals surface area contributed by atoms with Crippen LogP contribution in [0, 0.1) is 34.6 Å². The molecule has 0 spiro atoms. The lowest BCUT2D eigenvalue weighted by atomic mass is 9.90. The van der Waals surface area contributed by atoms with E-state index in [2.05, 4.69) is 223 Å². The molecule has 0 unspecified atom stereocenters. The molecule has 8 aromatic carbocycles. The number of rotatable bonds is 5. The van der Waals surface area contributed by atoms with Crippen molar-refractivity contribution in [3.63, 3.8) is 0 Å². The second-order valence-electron chi connectivity index (χ2n) is 13.8. The Bertz CT molecular complexity index is 2230. The molecule has 0 aliphatic heterocycles. The first kappa shape index (κ1) is 40.0. The highest BCUT2D eigenvalue weighted by atomic mass is 14.1. The molecular weight excluding hydrogens is 661 g/mol. The Kier molecular flexibility index (Phi) is 14.7. The maximum atomic E-state index is 2.33. The van der Waals surface area contributed by atoms with Crippen molar-refractivity contribution in [2.75, 3.05) is 0 Å². The van der Waals surface area contributed by atoms with E-state index in [-0.39, 0.29) is 0 Å². The van der Waals surface area contributed by atoms with Crippen LogP contribution in [0.4, 0.5) is 0 Å². The van der Waals surface area contributed by atoms with Gasteiger partial charge in [-0.25, -0.2) is 0 Å². The third-order valence-corrected chi connectivity index (χ3v) is 9.57. The molecule has 0 aromatic heterocycles. The van der Waals surface area contributed by atoms with Gasteiger partial charge in [0.2, 0.25) is 0 Å². The zero-order chi connectivity index (χ0) is 39.0. The van der Waals surface area contributed by atoms with Gasteiger partial charge >= 0.3 is 0 Å². The Balaban J connectivity index is 0.000000173. The maximum Gasteiger partial charge on any atom is -0.0146 e. The molecular formula is C55H54. The Labute approximate surface area is 330 Å². The standard InChI is InChI=1S/C27H24.2C13H12.C2H6/c1-19-9-13-23(14-10-19)25-16-12-21(3)27(18-25)26-17-24(15-11-20(26)2)22-7-5-4-6-8-22;2*1-11-7-9-13(10-8-11)12-5-3-2-4-6-12;1-2/h4-18H,1-3H3;2*2-10H,1H3;1-2H3. The van der Waals surface area contributed by atoms with Crippen molar-refractivity contribution in [3.8, 4) is 55.6 Å². The van der Waals surface area contributed by atoms with Gasteiger partial charge in [0.15, 0.2) is 0 Å². The molecule has 0 heterocycles. The Hall–Kier alpha value is -6.24. The summed E-state index contributed by atoms with van der Waals surface area (Å²) in [5.41, 5.74) is 19.3. The van der Waals surface area contributed by atoms with E-state index in [0.29, 0.717) is 0 Å². The Morgan fingerprint density at radius 3 is 0.727 bits per heavy atom. The highest BCUT2D eigenvalue weighted by Gasteiger charge is 2.10. The van der Waals surface area contributed by atoms with Crippen LogP contribution in [-0.2, 0) is 0 Å². The lowest BCUT2D eigenvalue weighted by Gasteiger charge is -2.14. The third kappa shape index (κ3) is 11.4. The molecule has 0 N–H and O–H groups in total. The molecule has 0 atom stereocenters. The molecule has 0 aliphatic carbocycles. The predicted octanol–water partition coefficient (Wildman–Crippen LogP) is 16.0. The zero-order valence-electron chi connectivity index (χ0n) is 33.6. The van der Waals surface area contributed by atoms with Gasteiger partial charge < -0.3 is 0 Å². The van der Waals surface area contributed by atoms with Crippen LogP contribution in [0.25, 0.3) is 55.6 Å². The van der Waals surface area contributed by atoms with Crippen LogP contribution < -0.4 is 0 Å². The summed E-state index contributed by atoms with van der Waals surface area (Å²) in [6.07, 6.45) is 0. The van der Waals surface area contributed by atoms with E-state index in [1.165, 1.54) is 83.5 Å². The van der Waals surface area contributed by atoms with Gasteiger partial charge in [0.25, 0.3) is 0 Å². The number of hydrogen-bond acceptors (Lipinski definition) is 0. The molecule has 0 saturated heterocycles. The fourth-order valence-electron chi connectivity index (χ4n) is 6.31. The summed E-state index contributed by atoms with van der Waals surface area (Å²) in [5.74, 6) is 0. The van der Waals surface area contributed by atoms with Gasteiger partial charge in [0.05, 0.1) is 0 Å². The SMILES string of the molecule is CC.Cc1ccc(-c2ccc(C)c(-c3cc(-c4ccccc4)ccc3C)c2)cc1.Cc1ccc(-c2ccccc2)cc1.Cc1ccc(-c2ccccc2)cc1. The molecule has 0 heteroatoms. The lowest BCUT2D eigenvalue weighted by Crippen LogP contribution is -1.90. The predicted molar refractivity (Wildman–Crippen MR) is 242 cm³/mol. The summed E-state index contributed by atoms with van der Waals surface area (Å²) >= 11 is 0. The highest BCUT2D eigenvalue weighted by molar-refractivity contribution is 5.80. The number of aryl methyl sites for hydroxylation is 5. The lowest BCUT2D eigenvalue weighted by molar-refractivity contribution is 1.40. The van der Waals surface area contributed by atoms with Crippen molar-refractivity contribution in [3.05, 3.63) is 228 Å².